The van der Waals surface area contributed by atoms with Crippen LogP contribution in [0.15, 0.2) is 46.0 Å². The molecule has 27 heavy (non-hydrogen) atoms. The highest BCUT2D eigenvalue weighted by Crippen LogP contribution is 2.32. The van der Waals surface area contributed by atoms with E-state index in [2.05, 4.69) is 11.9 Å². The molecule has 1 aliphatic rings. The van der Waals surface area contributed by atoms with Crippen molar-refractivity contribution in [2.24, 2.45) is 10.9 Å². The summed E-state index contributed by atoms with van der Waals surface area (Å²) in [7, 11) is 0. The highest BCUT2D eigenvalue weighted by molar-refractivity contribution is 6.30. The quantitative estimate of drug-likeness (QED) is 0.178. The molecule has 5 heteroatoms. The van der Waals surface area contributed by atoms with Crippen LogP contribution in [0.25, 0.3) is 0 Å². The number of hydrogen-bond acceptors (Lipinski definition) is 3. The number of ether oxygens (including phenoxy) is 1. The van der Waals surface area contributed by atoms with Gasteiger partial charge < -0.3 is 4.74 Å². The molecule has 0 aromatic heterocycles. The van der Waals surface area contributed by atoms with Gasteiger partial charge in [-0.05, 0) is 50.5 Å². The predicted molar refractivity (Wildman–Crippen MR) is 116 cm³/mol. The average molecular weight is 410 g/mol. The summed E-state index contributed by atoms with van der Waals surface area (Å²) in [4.78, 5) is 17.3. The Morgan fingerprint density at radius 2 is 2.07 bits per heavy atom. The summed E-state index contributed by atoms with van der Waals surface area (Å²) in [6, 6.07) is 5.70. The van der Waals surface area contributed by atoms with Crippen molar-refractivity contribution < 1.29 is 9.53 Å². The van der Waals surface area contributed by atoms with Gasteiger partial charge in [-0.2, -0.15) is 0 Å². The molecule has 1 atom stereocenters. The van der Waals surface area contributed by atoms with Gasteiger partial charge in [-0.3, -0.25) is 9.79 Å². The van der Waals surface area contributed by atoms with E-state index in [1.54, 1.807) is 12.3 Å². The standard InChI is InChI=1S/C20H23Cl2NO2.C2H6/c1-4-13(3)18(10-23-12-21)17(5-2)20(24)15-8-14-9-16(22)6-7-19(14)25-11-15;1-2/h5-7,9-10,15H,4,8,11-12H2,1-3H3;1-2H3/b17-5+,18-13-,23-10-;. The lowest BCUT2D eigenvalue weighted by molar-refractivity contribution is -0.120. The molecule has 0 radical (unpaired) electrons. The first-order valence-electron chi connectivity index (χ1n) is 9.39. The third-order valence-corrected chi connectivity index (χ3v) is 4.80. The lowest BCUT2D eigenvalue weighted by Crippen LogP contribution is -2.30. The van der Waals surface area contributed by atoms with Crippen LogP contribution in [0.1, 0.15) is 46.6 Å². The van der Waals surface area contributed by atoms with E-state index in [1.165, 1.54) is 0 Å². The SMILES string of the molecule is CC.C\C=C(C(=O)C1COc2ccc(Cl)cc2C1)/C(/C=N\CCl)=C(/C)CC. The largest absolute Gasteiger partial charge is 0.493 e. The number of nitrogens with zero attached hydrogens (tertiary/aromatic N) is 1. The Labute approximate surface area is 173 Å². The Morgan fingerprint density at radius 3 is 2.67 bits per heavy atom. The van der Waals surface area contributed by atoms with Crippen molar-refractivity contribution >= 4 is 35.2 Å². The van der Waals surface area contributed by atoms with Crippen molar-refractivity contribution in [1.29, 1.82) is 0 Å². The molecule has 2 rings (SSSR count). The smallest absolute Gasteiger partial charge is 0.170 e. The average Bonchev–Trinajstić information content (AvgIpc) is 2.71. The van der Waals surface area contributed by atoms with Gasteiger partial charge in [0.25, 0.3) is 0 Å². The van der Waals surface area contributed by atoms with E-state index in [-0.39, 0.29) is 17.7 Å². The summed E-state index contributed by atoms with van der Waals surface area (Å²) in [5.41, 5.74) is 3.61. The molecule has 0 saturated heterocycles. The molecule has 0 fully saturated rings. The second-order valence-corrected chi connectivity index (χ2v) is 6.68. The summed E-state index contributed by atoms with van der Waals surface area (Å²) in [6.07, 6.45) is 5.02. The van der Waals surface area contributed by atoms with Gasteiger partial charge in [0.1, 0.15) is 11.8 Å². The summed E-state index contributed by atoms with van der Waals surface area (Å²) in [6.45, 7) is 10.3. The molecule has 1 aliphatic heterocycles. The minimum atomic E-state index is -0.235. The minimum Gasteiger partial charge on any atom is -0.493 e. The Hall–Kier alpha value is -1.58. The molecule has 0 aliphatic carbocycles. The maximum Gasteiger partial charge on any atom is 0.170 e. The molecule has 1 aromatic carbocycles. The van der Waals surface area contributed by atoms with E-state index in [0.717, 1.165) is 28.9 Å². The second kappa shape index (κ2) is 12.0. The van der Waals surface area contributed by atoms with Gasteiger partial charge in [0.2, 0.25) is 0 Å². The molecule has 148 valence electrons. The number of Topliss-reactive ketones (excluding diaryl/α,β-unsaturated/α-hetero) is 1. The van der Waals surface area contributed by atoms with Crippen molar-refractivity contribution in [3.63, 3.8) is 0 Å². The first-order chi connectivity index (χ1) is 13.0. The highest BCUT2D eigenvalue weighted by Gasteiger charge is 2.29. The first kappa shape index (κ1) is 23.5. The van der Waals surface area contributed by atoms with Crippen LogP contribution >= 0.6 is 23.2 Å². The molecular weight excluding hydrogens is 381 g/mol. The zero-order chi connectivity index (χ0) is 20.4. The van der Waals surface area contributed by atoms with E-state index in [9.17, 15) is 4.79 Å². The second-order valence-electron chi connectivity index (χ2n) is 6.01. The van der Waals surface area contributed by atoms with E-state index < -0.39 is 0 Å². The summed E-state index contributed by atoms with van der Waals surface area (Å²) in [5, 5.41) is 0.651. The molecule has 0 saturated carbocycles. The summed E-state index contributed by atoms with van der Waals surface area (Å²) in [5.74, 6) is 0.637. The van der Waals surface area contributed by atoms with Crippen LogP contribution in [0.2, 0.25) is 5.02 Å². The molecule has 0 N–H and O–H groups in total. The zero-order valence-corrected chi connectivity index (χ0v) is 18.3. The monoisotopic (exact) mass is 409 g/mol. The lowest BCUT2D eigenvalue weighted by Gasteiger charge is -2.26. The number of halogens is 2. The van der Waals surface area contributed by atoms with Crippen molar-refractivity contribution in [3.05, 3.63) is 51.6 Å². The Bertz CT molecular complexity index is 736. The summed E-state index contributed by atoms with van der Waals surface area (Å²) < 4.78 is 5.78. The maximum absolute atomic E-state index is 13.1. The number of rotatable bonds is 6. The Kier molecular flexibility index (Phi) is 10.4. The number of carbonyl (C=O) groups is 1. The van der Waals surface area contributed by atoms with Crippen molar-refractivity contribution in [3.8, 4) is 5.75 Å². The van der Waals surface area contributed by atoms with Gasteiger partial charge >= 0.3 is 0 Å². The van der Waals surface area contributed by atoms with Gasteiger partial charge in [-0.1, -0.05) is 44.0 Å². The van der Waals surface area contributed by atoms with Gasteiger partial charge in [0.05, 0.1) is 12.5 Å². The number of aliphatic imine (C=N–C) groups is 1. The molecule has 0 spiro atoms. The predicted octanol–water partition coefficient (Wildman–Crippen LogP) is 6.43. The number of alkyl halides is 1. The number of benzene rings is 1. The number of fused-ring (bicyclic) bond motifs is 1. The minimum absolute atomic E-state index is 0.0666. The molecule has 0 amide bonds. The van der Waals surface area contributed by atoms with E-state index >= 15 is 0 Å². The van der Waals surface area contributed by atoms with Crippen LogP contribution in [0.4, 0.5) is 0 Å². The van der Waals surface area contributed by atoms with Crippen molar-refractivity contribution in [1.82, 2.24) is 0 Å². The molecule has 1 aromatic rings. The van der Waals surface area contributed by atoms with E-state index in [0.29, 0.717) is 23.6 Å². The molecule has 1 heterocycles. The topological polar surface area (TPSA) is 38.7 Å². The van der Waals surface area contributed by atoms with E-state index in [1.807, 2.05) is 45.9 Å². The van der Waals surface area contributed by atoms with Crippen LogP contribution in [0.5, 0.6) is 5.75 Å². The number of carbonyl (C=O) groups excluding carboxylic acids is 1. The number of allylic oxidation sites excluding steroid dienone is 4. The van der Waals surface area contributed by atoms with Crippen LogP contribution in [0.3, 0.4) is 0 Å². The molecular formula is C22H29Cl2NO2. The van der Waals surface area contributed by atoms with Gasteiger partial charge in [0.15, 0.2) is 5.78 Å². The van der Waals surface area contributed by atoms with Crippen LogP contribution < -0.4 is 4.74 Å². The third-order valence-electron chi connectivity index (χ3n) is 4.42. The van der Waals surface area contributed by atoms with Gasteiger partial charge in [0, 0.05) is 22.4 Å². The fourth-order valence-electron chi connectivity index (χ4n) is 2.91. The van der Waals surface area contributed by atoms with Crippen LogP contribution in [0, 0.1) is 5.92 Å². The molecule has 1 unspecified atom stereocenters. The number of hydrogen-bond donors (Lipinski definition) is 0. The Balaban J connectivity index is 0.00000176. The highest BCUT2D eigenvalue weighted by atomic mass is 35.5. The first-order valence-corrected chi connectivity index (χ1v) is 10.3. The van der Waals surface area contributed by atoms with E-state index in [4.69, 9.17) is 27.9 Å². The third kappa shape index (κ3) is 6.22. The van der Waals surface area contributed by atoms with Crippen molar-refractivity contribution in [2.75, 3.05) is 12.6 Å². The normalized spacial score (nSPS) is 17.4. The van der Waals surface area contributed by atoms with Gasteiger partial charge in [-0.25, -0.2) is 0 Å². The van der Waals surface area contributed by atoms with Crippen LogP contribution in [-0.2, 0) is 11.2 Å². The van der Waals surface area contributed by atoms with Crippen molar-refractivity contribution in [2.45, 2.75) is 47.5 Å². The molecule has 0 bridgehead atoms. The lowest BCUT2D eigenvalue weighted by atomic mass is 9.85. The van der Waals surface area contributed by atoms with Crippen LogP contribution in [-0.4, -0.2) is 24.6 Å². The maximum atomic E-state index is 13.1. The summed E-state index contributed by atoms with van der Waals surface area (Å²) >= 11 is 11.8. The fraction of sp³-hybridized carbons (Fsp3) is 0.455. The zero-order valence-electron chi connectivity index (χ0n) is 16.8. The number of ketones is 1. The molecule has 3 nitrogen and oxygen atoms in total. The van der Waals surface area contributed by atoms with Gasteiger partial charge in [-0.15, -0.1) is 11.6 Å². The fourth-order valence-corrected chi connectivity index (χ4v) is 3.17. The Morgan fingerprint density at radius 1 is 1.37 bits per heavy atom.